The van der Waals surface area contributed by atoms with E-state index < -0.39 is 16.9 Å². The molecule has 0 amide bonds. The standard InChI is InChI=1S/C11H9N5O4S/c1-16-10(14-8(17)9(18)15-16)21-7-3-5-6(2-4(7)12)20-11(19)13-5/h2-3H,12H2,1H3,(H,13,19)(H,15,18). The van der Waals surface area contributed by atoms with Gasteiger partial charge < -0.3 is 10.2 Å². The van der Waals surface area contributed by atoms with Crippen LogP contribution in [0.3, 0.4) is 0 Å². The second-order valence-corrected chi connectivity index (χ2v) is 5.21. The summed E-state index contributed by atoms with van der Waals surface area (Å²) in [6.45, 7) is 0. The molecule has 3 aromatic rings. The summed E-state index contributed by atoms with van der Waals surface area (Å²) >= 11 is 1.08. The van der Waals surface area contributed by atoms with Crippen LogP contribution in [-0.4, -0.2) is 19.7 Å². The number of nitrogen functional groups attached to an aromatic ring is 1. The van der Waals surface area contributed by atoms with Gasteiger partial charge >= 0.3 is 16.9 Å². The zero-order valence-corrected chi connectivity index (χ0v) is 11.5. The van der Waals surface area contributed by atoms with E-state index in [0.29, 0.717) is 21.7 Å². The second-order valence-electron chi connectivity index (χ2n) is 4.20. The number of aromatic nitrogens is 4. The number of nitrogens with two attached hydrogens (primary N) is 1. The maximum atomic E-state index is 11.3. The van der Waals surface area contributed by atoms with Crippen molar-refractivity contribution in [3.8, 4) is 0 Å². The van der Waals surface area contributed by atoms with E-state index in [2.05, 4.69) is 15.1 Å². The lowest BCUT2D eigenvalue weighted by atomic mass is 10.3. The molecule has 10 heteroatoms. The Hall–Kier alpha value is -2.75. The minimum Gasteiger partial charge on any atom is -0.408 e. The minimum atomic E-state index is -0.882. The van der Waals surface area contributed by atoms with E-state index in [1.807, 2.05) is 0 Å². The summed E-state index contributed by atoms with van der Waals surface area (Å²) in [6.07, 6.45) is 0. The molecule has 4 N–H and O–H groups in total. The summed E-state index contributed by atoms with van der Waals surface area (Å²) in [4.78, 5) is 40.3. The number of hydrogen-bond donors (Lipinski definition) is 3. The molecule has 0 saturated heterocycles. The first-order valence-electron chi connectivity index (χ1n) is 5.71. The fourth-order valence-corrected chi connectivity index (χ4v) is 2.59. The fourth-order valence-electron chi connectivity index (χ4n) is 1.73. The average molecular weight is 307 g/mol. The Labute approximate surface area is 119 Å². The van der Waals surface area contributed by atoms with E-state index >= 15 is 0 Å². The second kappa shape index (κ2) is 4.66. The molecule has 0 unspecified atom stereocenters. The summed E-state index contributed by atoms with van der Waals surface area (Å²) < 4.78 is 6.21. The summed E-state index contributed by atoms with van der Waals surface area (Å²) in [5.74, 6) is -0.582. The Morgan fingerprint density at radius 3 is 2.86 bits per heavy atom. The van der Waals surface area contributed by atoms with Gasteiger partial charge in [-0.15, -0.1) is 0 Å². The number of nitrogens with zero attached hydrogens (tertiary/aromatic N) is 2. The van der Waals surface area contributed by atoms with Gasteiger partial charge in [-0.1, -0.05) is 0 Å². The van der Waals surface area contributed by atoms with Crippen molar-refractivity contribution < 1.29 is 4.42 Å². The molecule has 2 aromatic heterocycles. The lowest BCUT2D eigenvalue weighted by Gasteiger charge is -2.07. The Bertz CT molecular complexity index is 1010. The number of hydrogen-bond acceptors (Lipinski definition) is 7. The Kier molecular flexibility index (Phi) is 2.94. The number of nitrogens with one attached hydrogen (secondary N) is 2. The SMILES string of the molecule is Cn1[nH]c(=O)c(=O)nc1Sc1cc2[nH]c(=O)oc2cc1N. The predicted molar refractivity (Wildman–Crippen MR) is 75.5 cm³/mol. The van der Waals surface area contributed by atoms with E-state index in [1.165, 1.54) is 10.7 Å². The van der Waals surface area contributed by atoms with Crippen molar-refractivity contribution in [3.63, 3.8) is 0 Å². The number of fused-ring (bicyclic) bond motifs is 1. The first-order valence-corrected chi connectivity index (χ1v) is 6.53. The van der Waals surface area contributed by atoms with Crippen molar-refractivity contribution in [1.82, 2.24) is 19.7 Å². The van der Waals surface area contributed by atoms with Crippen LogP contribution in [0.2, 0.25) is 0 Å². The molecule has 0 aliphatic heterocycles. The molecule has 108 valence electrons. The van der Waals surface area contributed by atoms with Gasteiger partial charge in [-0.05, 0) is 17.8 Å². The highest BCUT2D eigenvalue weighted by Crippen LogP contribution is 2.32. The molecule has 0 radical (unpaired) electrons. The van der Waals surface area contributed by atoms with Gasteiger partial charge in [0.1, 0.15) is 0 Å². The highest BCUT2D eigenvalue weighted by molar-refractivity contribution is 7.99. The zero-order chi connectivity index (χ0) is 15.1. The van der Waals surface area contributed by atoms with Crippen LogP contribution >= 0.6 is 11.8 Å². The molecule has 0 saturated carbocycles. The van der Waals surface area contributed by atoms with E-state index in [0.717, 1.165) is 11.8 Å². The van der Waals surface area contributed by atoms with Crippen LogP contribution in [0, 0.1) is 0 Å². The molecule has 0 aliphatic carbocycles. The normalized spacial score (nSPS) is 11.1. The lowest BCUT2D eigenvalue weighted by Crippen LogP contribution is -2.33. The zero-order valence-electron chi connectivity index (χ0n) is 10.7. The molecule has 9 nitrogen and oxygen atoms in total. The van der Waals surface area contributed by atoms with Gasteiger partial charge in [0.2, 0.25) is 0 Å². The molecule has 0 fully saturated rings. The van der Waals surface area contributed by atoms with E-state index in [1.54, 1.807) is 13.1 Å². The van der Waals surface area contributed by atoms with Crippen LogP contribution in [0.1, 0.15) is 0 Å². The molecule has 1 aromatic carbocycles. The number of benzene rings is 1. The molecule has 0 spiro atoms. The highest BCUT2D eigenvalue weighted by Gasteiger charge is 2.11. The van der Waals surface area contributed by atoms with Crippen LogP contribution in [0.5, 0.6) is 0 Å². The van der Waals surface area contributed by atoms with Crippen LogP contribution in [-0.2, 0) is 7.05 Å². The molecule has 21 heavy (non-hydrogen) atoms. The molecule has 0 atom stereocenters. The molecular weight excluding hydrogens is 298 g/mol. The number of anilines is 1. The first kappa shape index (κ1) is 13.2. The van der Waals surface area contributed by atoms with Crippen LogP contribution in [0.15, 0.2) is 41.0 Å². The number of H-pyrrole nitrogens is 2. The highest BCUT2D eigenvalue weighted by atomic mass is 32.2. The predicted octanol–water partition coefficient (Wildman–Crippen LogP) is -0.364. The summed E-state index contributed by atoms with van der Waals surface area (Å²) in [5, 5.41) is 2.60. The van der Waals surface area contributed by atoms with Crippen molar-refractivity contribution >= 4 is 28.5 Å². The fraction of sp³-hybridized carbons (Fsp3) is 0.0909. The van der Waals surface area contributed by atoms with Gasteiger partial charge in [0.05, 0.1) is 5.52 Å². The van der Waals surface area contributed by atoms with E-state index in [9.17, 15) is 14.4 Å². The van der Waals surface area contributed by atoms with E-state index in [-0.39, 0.29) is 5.16 Å². The molecule has 2 heterocycles. The maximum Gasteiger partial charge on any atom is 0.417 e. The van der Waals surface area contributed by atoms with Crippen molar-refractivity contribution in [2.24, 2.45) is 7.05 Å². The Balaban J connectivity index is 2.11. The van der Waals surface area contributed by atoms with Gasteiger partial charge in [0.25, 0.3) is 0 Å². The van der Waals surface area contributed by atoms with Crippen molar-refractivity contribution in [3.05, 3.63) is 43.4 Å². The molecule has 0 bridgehead atoms. The maximum absolute atomic E-state index is 11.3. The monoisotopic (exact) mass is 307 g/mol. The van der Waals surface area contributed by atoms with Crippen LogP contribution in [0.25, 0.3) is 11.1 Å². The number of aryl methyl sites for hydroxylation is 1. The van der Waals surface area contributed by atoms with Crippen LogP contribution < -0.4 is 22.6 Å². The molecule has 0 aliphatic rings. The number of aromatic amines is 2. The van der Waals surface area contributed by atoms with Gasteiger partial charge in [-0.2, -0.15) is 4.98 Å². The summed E-state index contributed by atoms with van der Waals surface area (Å²) in [7, 11) is 1.55. The minimum absolute atomic E-state index is 0.261. The number of oxazole rings is 1. The number of rotatable bonds is 2. The van der Waals surface area contributed by atoms with Crippen molar-refractivity contribution in [2.75, 3.05) is 5.73 Å². The molecule has 3 rings (SSSR count). The third-order valence-corrected chi connectivity index (χ3v) is 3.82. The smallest absolute Gasteiger partial charge is 0.408 e. The van der Waals surface area contributed by atoms with E-state index in [4.69, 9.17) is 10.2 Å². The Morgan fingerprint density at radius 2 is 2.10 bits per heavy atom. The average Bonchev–Trinajstić information content (AvgIpc) is 2.75. The first-order chi connectivity index (χ1) is 9.94. The molecular formula is C11H9N5O4S. The Morgan fingerprint density at radius 1 is 1.33 bits per heavy atom. The summed E-state index contributed by atoms with van der Waals surface area (Å²) in [5.41, 5.74) is 5.37. The van der Waals surface area contributed by atoms with Crippen molar-refractivity contribution in [2.45, 2.75) is 10.1 Å². The largest absolute Gasteiger partial charge is 0.417 e. The lowest BCUT2D eigenvalue weighted by molar-refractivity contribution is 0.555. The van der Waals surface area contributed by atoms with Gasteiger partial charge in [-0.3, -0.25) is 24.4 Å². The third kappa shape index (κ3) is 2.36. The van der Waals surface area contributed by atoms with Crippen molar-refractivity contribution in [1.29, 1.82) is 0 Å². The van der Waals surface area contributed by atoms with Gasteiger partial charge in [0, 0.05) is 23.7 Å². The summed E-state index contributed by atoms with van der Waals surface area (Å²) in [6, 6.07) is 3.11. The third-order valence-electron chi connectivity index (χ3n) is 2.70. The quantitative estimate of drug-likeness (QED) is 0.433. The van der Waals surface area contributed by atoms with Crippen LogP contribution in [0.4, 0.5) is 5.69 Å². The topological polar surface area (TPSA) is 140 Å². The van der Waals surface area contributed by atoms with Gasteiger partial charge in [0.15, 0.2) is 10.7 Å². The van der Waals surface area contributed by atoms with Gasteiger partial charge in [-0.25, -0.2) is 4.79 Å².